The second-order valence-electron chi connectivity index (χ2n) is 3.95. The Morgan fingerprint density at radius 2 is 2.29 bits per heavy atom. The third kappa shape index (κ3) is 5.00. The van der Waals surface area contributed by atoms with Gasteiger partial charge in [0.15, 0.2) is 0 Å². The van der Waals surface area contributed by atoms with Gasteiger partial charge < -0.3 is 10.1 Å². The quantitative estimate of drug-likeness (QED) is 0.555. The van der Waals surface area contributed by atoms with Crippen LogP contribution in [0.25, 0.3) is 0 Å². The van der Waals surface area contributed by atoms with Gasteiger partial charge in [-0.2, -0.15) is 0 Å². The highest BCUT2D eigenvalue weighted by Gasteiger charge is 2.01. The highest BCUT2D eigenvalue weighted by molar-refractivity contribution is 5.24. The first-order valence-electron chi connectivity index (χ1n) is 6.18. The van der Waals surface area contributed by atoms with Gasteiger partial charge in [-0.05, 0) is 31.9 Å². The number of nitrogens with zero attached hydrogens (tertiary/aromatic N) is 1. The molecule has 3 nitrogen and oxygen atoms in total. The van der Waals surface area contributed by atoms with E-state index in [-0.39, 0.29) is 0 Å². The van der Waals surface area contributed by atoms with Crippen LogP contribution in [-0.2, 0) is 6.54 Å². The van der Waals surface area contributed by atoms with Gasteiger partial charge in [-0.1, -0.05) is 19.1 Å². The molecule has 1 N–H and O–H groups in total. The van der Waals surface area contributed by atoms with Crippen LogP contribution in [0, 0.1) is 6.92 Å². The number of aromatic nitrogens is 1. The Bertz CT molecular complexity index is 350. The molecule has 0 saturated heterocycles. The minimum atomic E-state index is 0.699. The van der Waals surface area contributed by atoms with Gasteiger partial charge >= 0.3 is 0 Å². The summed E-state index contributed by atoms with van der Waals surface area (Å²) in [6, 6.07) is 4.02. The molecule has 0 amide bonds. The van der Waals surface area contributed by atoms with Crippen molar-refractivity contribution in [3.05, 3.63) is 36.0 Å². The van der Waals surface area contributed by atoms with E-state index < -0.39 is 0 Å². The predicted octanol–water partition coefficient (Wildman–Crippen LogP) is 2.84. The zero-order chi connectivity index (χ0) is 12.5. The van der Waals surface area contributed by atoms with E-state index in [1.807, 2.05) is 19.1 Å². The number of aryl methyl sites for hydroxylation is 1. The molecule has 0 radical (unpaired) electrons. The van der Waals surface area contributed by atoms with Crippen molar-refractivity contribution in [1.82, 2.24) is 10.3 Å². The second kappa shape index (κ2) is 7.85. The van der Waals surface area contributed by atoms with E-state index in [9.17, 15) is 0 Å². The summed E-state index contributed by atoms with van der Waals surface area (Å²) >= 11 is 0. The van der Waals surface area contributed by atoms with Crippen molar-refractivity contribution in [3.63, 3.8) is 0 Å². The normalized spacial score (nSPS) is 10.2. The Kier molecular flexibility index (Phi) is 6.33. The van der Waals surface area contributed by atoms with E-state index in [0.717, 1.165) is 31.6 Å². The number of hydrogen-bond donors (Lipinski definition) is 1. The Morgan fingerprint density at radius 1 is 1.47 bits per heavy atom. The lowest BCUT2D eigenvalue weighted by Gasteiger charge is -2.09. The molecule has 1 aromatic rings. The molecule has 17 heavy (non-hydrogen) atoms. The number of ether oxygens (including phenoxy) is 1. The molecule has 0 aliphatic heterocycles. The molecule has 94 valence electrons. The van der Waals surface area contributed by atoms with Crippen LogP contribution in [0.5, 0.6) is 5.88 Å². The lowest BCUT2D eigenvalue weighted by Crippen LogP contribution is -2.13. The molecule has 1 heterocycles. The first-order valence-corrected chi connectivity index (χ1v) is 6.18. The molecule has 0 bridgehead atoms. The van der Waals surface area contributed by atoms with Gasteiger partial charge in [0.25, 0.3) is 0 Å². The van der Waals surface area contributed by atoms with E-state index in [4.69, 9.17) is 4.74 Å². The third-order valence-electron chi connectivity index (χ3n) is 2.54. The molecule has 1 rings (SSSR count). The van der Waals surface area contributed by atoms with Crippen LogP contribution in [0.15, 0.2) is 24.8 Å². The van der Waals surface area contributed by atoms with E-state index in [0.29, 0.717) is 12.5 Å². The first-order chi connectivity index (χ1) is 8.27. The molecule has 0 aromatic carbocycles. The Labute approximate surface area is 104 Å². The van der Waals surface area contributed by atoms with Crippen molar-refractivity contribution in [2.75, 3.05) is 13.2 Å². The fraction of sp³-hybridized carbons (Fsp3) is 0.500. The standard InChI is InChI=1S/C14H22N2O/c1-4-6-7-10-17-14-9-8-13(11-15-5-2)12(3)16-14/h4,8-9,15H,1,5-7,10-11H2,2-3H3. The summed E-state index contributed by atoms with van der Waals surface area (Å²) in [5, 5.41) is 3.29. The fourth-order valence-electron chi connectivity index (χ4n) is 1.50. The fourth-order valence-corrected chi connectivity index (χ4v) is 1.50. The van der Waals surface area contributed by atoms with Crippen molar-refractivity contribution in [1.29, 1.82) is 0 Å². The second-order valence-corrected chi connectivity index (χ2v) is 3.95. The summed E-state index contributed by atoms with van der Waals surface area (Å²) in [6.07, 6.45) is 3.88. The largest absolute Gasteiger partial charge is 0.478 e. The number of nitrogens with one attached hydrogen (secondary N) is 1. The monoisotopic (exact) mass is 234 g/mol. The van der Waals surface area contributed by atoms with Crippen molar-refractivity contribution in [2.45, 2.75) is 33.2 Å². The number of rotatable bonds is 8. The highest BCUT2D eigenvalue weighted by atomic mass is 16.5. The molecule has 3 heteroatoms. The zero-order valence-electron chi connectivity index (χ0n) is 10.8. The van der Waals surface area contributed by atoms with Crippen molar-refractivity contribution in [2.24, 2.45) is 0 Å². The number of allylic oxidation sites excluding steroid dienone is 1. The minimum Gasteiger partial charge on any atom is -0.478 e. The van der Waals surface area contributed by atoms with E-state index in [1.54, 1.807) is 0 Å². The number of hydrogen-bond acceptors (Lipinski definition) is 3. The van der Waals surface area contributed by atoms with Crippen LogP contribution >= 0.6 is 0 Å². The van der Waals surface area contributed by atoms with Crippen LogP contribution < -0.4 is 10.1 Å². The molecular formula is C14H22N2O. The molecular weight excluding hydrogens is 212 g/mol. The Balaban J connectivity index is 2.47. The van der Waals surface area contributed by atoms with Gasteiger partial charge in [0.05, 0.1) is 6.61 Å². The first kappa shape index (κ1) is 13.7. The highest BCUT2D eigenvalue weighted by Crippen LogP contribution is 2.12. The van der Waals surface area contributed by atoms with Gasteiger partial charge in [-0.3, -0.25) is 0 Å². The Hall–Kier alpha value is -1.35. The van der Waals surface area contributed by atoms with E-state index >= 15 is 0 Å². The summed E-state index contributed by atoms with van der Waals surface area (Å²) in [7, 11) is 0. The predicted molar refractivity (Wildman–Crippen MR) is 71.3 cm³/mol. The maximum atomic E-state index is 5.57. The lowest BCUT2D eigenvalue weighted by atomic mass is 10.2. The van der Waals surface area contributed by atoms with Gasteiger partial charge in [-0.25, -0.2) is 4.98 Å². The minimum absolute atomic E-state index is 0.699. The molecule has 0 atom stereocenters. The van der Waals surface area contributed by atoms with Crippen LogP contribution in [0.3, 0.4) is 0 Å². The maximum absolute atomic E-state index is 5.57. The van der Waals surface area contributed by atoms with E-state index in [1.165, 1.54) is 5.56 Å². The average Bonchev–Trinajstić information content (AvgIpc) is 2.34. The third-order valence-corrected chi connectivity index (χ3v) is 2.54. The summed E-state index contributed by atoms with van der Waals surface area (Å²) in [5.74, 6) is 0.715. The summed E-state index contributed by atoms with van der Waals surface area (Å²) in [6.45, 7) is 10.3. The van der Waals surface area contributed by atoms with Crippen LogP contribution in [0.1, 0.15) is 31.0 Å². The van der Waals surface area contributed by atoms with Crippen molar-refractivity contribution < 1.29 is 4.74 Å². The number of pyridine rings is 1. The van der Waals surface area contributed by atoms with Crippen LogP contribution in [0.2, 0.25) is 0 Å². The van der Waals surface area contributed by atoms with Gasteiger partial charge in [-0.15, -0.1) is 6.58 Å². The maximum Gasteiger partial charge on any atom is 0.213 e. The van der Waals surface area contributed by atoms with Gasteiger partial charge in [0.2, 0.25) is 5.88 Å². The summed E-state index contributed by atoms with van der Waals surface area (Å²) in [4.78, 5) is 4.44. The van der Waals surface area contributed by atoms with Crippen molar-refractivity contribution in [3.8, 4) is 5.88 Å². The summed E-state index contributed by atoms with van der Waals surface area (Å²) < 4.78 is 5.57. The molecule has 0 aliphatic carbocycles. The van der Waals surface area contributed by atoms with Gasteiger partial charge in [0.1, 0.15) is 0 Å². The molecule has 0 aliphatic rings. The molecule has 0 unspecified atom stereocenters. The average molecular weight is 234 g/mol. The Morgan fingerprint density at radius 3 is 2.94 bits per heavy atom. The van der Waals surface area contributed by atoms with Crippen molar-refractivity contribution >= 4 is 0 Å². The molecule has 0 spiro atoms. The molecule has 0 saturated carbocycles. The van der Waals surface area contributed by atoms with E-state index in [2.05, 4.69) is 29.9 Å². The SMILES string of the molecule is C=CCCCOc1ccc(CNCC)c(C)n1. The number of unbranched alkanes of at least 4 members (excludes halogenated alkanes) is 1. The molecule has 0 fully saturated rings. The lowest BCUT2D eigenvalue weighted by molar-refractivity contribution is 0.299. The molecule has 1 aromatic heterocycles. The van der Waals surface area contributed by atoms with Crippen LogP contribution in [-0.4, -0.2) is 18.1 Å². The summed E-state index contributed by atoms with van der Waals surface area (Å²) in [5.41, 5.74) is 2.26. The van der Waals surface area contributed by atoms with Gasteiger partial charge in [0, 0.05) is 18.3 Å². The van der Waals surface area contributed by atoms with Crippen LogP contribution in [0.4, 0.5) is 0 Å². The smallest absolute Gasteiger partial charge is 0.213 e. The zero-order valence-corrected chi connectivity index (χ0v) is 10.8. The topological polar surface area (TPSA) is 34.1 Å².